The Labute approximate surface area is 198 Å². The number of aromatic amines is 3. The second kappa shape index (κ2) is 8.56. The number of methoxy groups -OCH3 is 2. The number of halogens is 1. The highest BCUT2D eigenvalue weighted by atomic mass is 35.5. The van der Waals surface area contributed by atoms with E-state index in [9.17, 15) is 4.79 Å². The lowest BCUT2D eigenvalue weighted by Gasteiger charge is -2.06. The van der Waals surface area contributed by atoms with Crippen LogP contribution in [0.5, 0.6) is 11.5 Å². The summed E-state index contributed by atoms with van der Waals surface area (Å²) in [7, 11) is 3.13. The maximum absolute atomic E-state index is 13.0. The summed E-state index contributed by atoms with van der Waals surface area (Å²) in [5, 5.41) is 10.5. The Bertz CT molecular complexity index is 1460. The summed E-state index contributed by atoms with van der Waals surface area (Å²) in [6.07, 6.45) is 1.59. The molecular weight excluding hydrogens is 458 g/mol. The predicted molar refractivity (Wildman–Crippen MR) is 129 cm³/mol. The van der Waals surface area contributed by atoms with Gasteiger partial charge >= 0.3 is 0 Å². The number of aromatic nitrogens is 6. The van der Waals surface area contributed by atoms with E-state index in [1.54, 1.807) is 51.6 Å². The number of anilines is 1. The lowest BCUT2D eigenvalue weighted by atomic mass is 10.2. The number of fused-ring (bicyclic) bond motifs is 1. The highest BCUT2D eigenvalue weighted by molar-refractivity contribution is 6.30. The second-order valence-corrected chi connectivity index (χ2v) is 7.90. The maximum Gasteiger partial charge on any atom is 0.274 e. The van der Waals surface area contributed by atoms with Gasteiger partial charge in [-0.3, -0.25) is 9.89 Å². The third kappa shape index (κ3) is 3.84. The largest absolute Gasteiger partial charge is 0.493 e. The lowest BCUT2D eigenvalue weighted by Crippen LogP contribution is -2.14. The fraction of sp³-hybridized carbons (Fsp3) is 0.130. The van der Waals surface area contributed by atoms with Gasteiger partial charge in [0.1, 0.15) is 11.5 Å². The molecule has 5 rings (SSSR count). The van der Waals surface area contributed by atoms with E-state index in [1.807, 2.05) is 12.1 Å². The number of nitrogens with one attached hydrogen (secondary N) is 4. The molecule has 3 aromatic heterocycles. The second-order valence-electron chi connectivity index (χ2n) is 7.46. The summed E-state index contributed by atoms with van der Waals surface area (Å²) in [6.45, 7) is 1.77. The zero-order valence-corrected chi connectivity index (χ0v) is 19.2. The van der Waals surface area contributed by atoms with Crippen molar-refractivity contribution in [1.29, 1.82) is 0 Å². The summed E-state index contributed by atoms with van der Waals surface area (Å²) in [5.74, 6) is 1.84. The molecule has 0 aliphatic heterocycles. The summed E-state index contributed by atoms with van der Waals surface area (Å²) in [6, 6.07) is 10.8. The Balaban J connectivity index is 1.43. The normalized spacial score (nSPS) is 11.1. The van der Waals surface area contributed by atoms with Gasteiger partial charge < -0.3 is 24.8 Å². The van der Waals surface area contributed by atoms with Crippen LogP contribution in [0.15, 0.2) is 42.6 Å². The Morgan fingerprint density at radius 2 is 1.74 bits per heavy atom. The molecule has 2 aromatic carbocycles. The number of imidazole rings is 2. The third-order valence-corrected chi connectivity index (χ3v) is 5.58. The Morgan fingerprint density at radius 1 is 1.00 bits per heavy atom. The van der Waals surface area contributed by atoms with Crippen LogP contribution in [0.4, 0.5) is 5.69 Å². The van der Waals surface area contributed by atoms with Gasteiger partial charge in [-0.15, -0.1) is 0 Å². The number of hydrogen-bond donors (Lipinski definition) is 4. The smallest absolute Gasteiger partial charge is 0.274 e. The molecule has 34 heavy (non-hydrogen) atoms. The maximum atomic E-state index is 13.0. The van der Waals surface area contributed by atoms with Crippen molar-refractivity contribution in [3.05, 3.63) is 59.0 Å². The summed E-state index contributed by atoms with van der Waals surface area (Å²) in [5.41, 5.74) is 4.06. The van der Waals surface area contributed by atoms with E-state index in [0.717, 1.165) is 11.1 Å². The van der Waals surface area contributed by atoms with E-state index in [1.165, 1.54) is 0 Å². The van der Waals surface area contributed by atoms with Crippen molar-refractivity contribution >= 4 is 34.2 Å². The number of nitrogens with zero attached hydrogens (tertiary/aromatic N) is 3. The van der Waals surface area contributed by atoms with Crippen LogP contribution in [0.25, 0.3) is 33.9 Å². The van der Waals surface area contributed by atoms with E-state index in [-0.39, 0.29) is 5.91 Å². The summed E-state index contributed by atoms with van der Waals surface area (Å²) >= 11 is 5.96. The number of carbonyl (C=O) groups is 1. The molecule has 3 heterocycles. The molecule has 172 valence electrons. The van der Waals surface area contributed by atoms with Crippen molar-refractivity contribution in [3.63, 3.8) is 0 Å². The number of ether oxygens (including phenoxy) is 2. The topological polar surface area (TPSA) is 134 Å². The zero-order valence-electron chi connectivity index (χ0n) is 18.5. The molecule has 1 amide bonds. The van der Waals surface area contributed by atoms with E-state index >= 15 is 0 Å². The van der Waals surface area contributed by atoms with Gasteiger partial charge in [-0.25, -0.2) is 9.97 Å². The van der Waals surface area contributed by atoms with E-state index in [2.05, 4.69) is 35.5 Å². The summed E-state index contributed by atoms with van der Waals surface area (Å²) < 4.78 is 10.7. The highest BCUT2D eigenvalue weighted by Gasteiger charge is 2.20. The molecule has 0 fully saturated rings. The monoisotopic (exact) mass is 477 g/mol. The first kappa shape index (κ1) is 21.5. The number of aryl methyl sites for hydroxylation is 1. The first-order chi connectivity index (χ1) is 16.5. The molecular formula is C23H20ClN7O3. The molecule has 5 aromatic rings. The molecule has 0 spiro atoms. The van der Waals surface area contributed by atoms with Crippen LogP contribution < -0.4 is 14.8 Å². The average molecular weight is 478 g/mol. The van der Waals surface area contributed by atoms with Gasteiger partial charge in [0, 0.05) is 28.9 Å². The van der Waals surface area contributed by atoms with Crippen LogP contribution in [0.3, 0.4) is 0 Å². The minimum Gasteiger partial charge on any atom is -0.493 e. The minimum atomic E-state index is -0.354. The SMILES string of the molecule is COc1cc2nc(-c3n[nH]cc3NC(=O)c3[nH]c(-c4ccc(Cl)cc4)nc3C)[nH]c2cc1OC. The molecule has 0 bridgehead atoms. The Kier molecular flexibility index (Phi) is 5.42. The van der Waals surface area contributed by atoms with Gasteiger partial charge in [-0.2, -0.15) is 5.10 Å². The number of hydrogen-bond acceptors (Lipinski definition) is 6. The van der Waals surface area contributed by atoms with Gasteiger partial charge in [-0.1, -0.05) is 11.6 Å². The van der Waals surface area contributed by atoms with Crippen LogP contribution in [-0.4, -0.2) is 50.3 Å². The van der Waals surface area contributed by atoms with Crippen LogP contribution in [0.2, 0.25) is 5.02 Å². The molecule has 0 atom stereocenters. The lowest BCUT2D eigenvalue weighted by molar-refractivity contribution is 0.102. The molecule has 0 unspecified atom stereocenters. The fourth-order valence-corrected chi connectivity index (χ4v) is 3.75. The Morgan fingerprint density at radius 3 is 2.47 bits per heavy atom. The fourth-order valence-electron chi connectivity index (χ4n) is 3.63. The van der Waals surface area contributed by atoms with Gasteiger partial charge in [0.25, 0.3) is 5.91 Å². The summed E-state index contributed by atoms with van der Waals surface area (Å²) in [4.78, 5) is 28.4. The molecule has 10 nitrogen and oxygen atoms in total. The molecule has 11 heteroatoms. The average Bonchev–Trinajstić information content (AvgIpc) is 3.56. The minimum absolute atomic E-state index is 0.344. The molecule has 0 radical (unpaired) electrons. The number of benzene rings is 2. The van der Waals surface area contributed by atoms with Crippen LogP contribution in [0.1, 0.15) is 16.2 Å². The molecule has 0 aliphatic carbocycles. The van der Waals surface area contributed by atoms with Crippen molar-refractivity contribution < 1.29 is 14.3 Å². The molecule has 4 N–H and O–H groups in total. The van der Waals surface area contributed by atoms with E-state index < -0.39 is 0 Å². The third-order valence-electron chi connectivity index (χ3n) is 5.33. The predicted octanol–water partition coefficient (Wildman–Crippen LogP) is 4.57. The van der Waals surface area contributed by atoms with Gasteiger partial charge in [0.15, 0.2) is 23.0 Å². The quantitative estimate of drug-likeness (QED) is 0.283. The van der Waals surface area contributed by atoms with Crippen molar-refractivity contribution in [2.24, 2.45) is 0 Å². The first-order valence-corrected chi connectivity index (χ1v) is 10.6. The molecule has 0 aliphatic rings. The van der Waals surface area contributed by atoms with E-state index in [0.29, 0.717) is 56.5 Å². The highest BCUT2D eigenvalue weighted by Crippen LogP contribution is 2.33. The van der Waals surface area contributed by atoms with Crippen molar-refractivity contribution in [2.75, 3.05) is 19.5 Å². The van der Waals surface area contributed by atoms with Gasteiger partial charge in [0.05, 0.1) is 36.6 Å². The van der Waals surface area contributed by atoms with Crippen LogP contribution in [0, 0.1) is 6.92 Å². The molecule has 0 saturated carbocycles. The van der Waals surface area contributed by atoms with Gasteiger partial charge in [0.2, 0.25) is 0 Å². The van der Waals surface area contributed by atoms with E-state index in [4.69, 9.17) is 21.1 Å². The van der Waals surface area contributed by atoms with Crippen LogP contribution >= 0.6 is 11.6 Å². The number of amides is 1. The number of rotatable bonds is 6. The number of H-pyrrole nitrogens is 3. The van der Waals surface area contributed by atoms with Crippen molar-refractivity contribution in [1.82, 2.24) is 30.1 Å². The number of carbonyl (C=O) groups excluding carboxylic acids is 1. The van der Waals surface area contributed by atoms with Crippen molar-refractivity contribution in [3.8, 4) is 34.4 Å². The molecule has 0 saturated heterocycles. The standard InChI is InChI=1S/C23H20ClN7O3/c1-11-19(30-21(26-11)12-4-6-13(24)7-5-12)23(32)29-16-10-25-31-20(16)22-27-14-8-17(33-2)18(34-3)9-15(14)28-22/h4-10H,1-3H3,(H,25,31)(H,26,30)(H,27,28)(H,29,32). The Hall–Kier alpha value is -4.31. The first-order valence-electron chi connectivity index (χ1n) is 10.3. The van der Waals surface area contributed by atoms with Gasteiger partial charge in [-0.05, 0) is 31.2 Å². The van der Waals surface area contributed by atoms with Crippen molar-refractivity contribution in [2.45, 2.75) is 6.92 Å². The zero-order chi connectivity index (χ0) is 23.8. The van der Waals surface area contributed by atoms with Crippen LogP contribution in [-0.2, 0) is 0 Å².